The summed E-state index contributed by atoms with van der Waals surface area (Å²) >= 11 is 1.73. The lowest BCUT2D eigenvalue weighted by Gasteiger charge is -2.07. The van der Waals surface area contributed by atoms with Crippen molar-refractivity contribution in [3.63, 3.8) is 0 Å². The molecule has 0 spiro atoms. The Morgan fingerprint density at radius 1 is 1.00 bits per heavy atom. The van der Waals surface area contributed by atoms with Crippen LogP contribution in [0.4, 0.5) is 0 Å². The van der Waals surface area contributed by atoms with E-state index in [4.69, 9.17) is 10.8 Å². The van der Waals surface area contributed by atoms with Gasteiger partial charge in [-0.1, -0.05) is 67.6 Å². The van der Waals surface area contributed by atoms with Crippen LogP contribution < -0.4 is 5.73 Å². The topological polar surface area (TPSA) is 86.6 Å². The van der Waals surface area contributed by atoms with E-state index >= 15 is 0 Å². The molecule has 0 radical (unpaired) electrons. The molecule has 4 N–H and O–H groups in total. The number of nitrogens with two attached hydrogens (primary N) is 1. The van der Waals surface area contributed by atoms with Crippen LogP contribution in [0.5, 0.6) is 0 Å². The number of allylic oxidation sites excluding steroid dienone is 1. The molecule has 0 aliphatic heterocycles. The van der Waals surface area contributed by atoms with Crippen LogP contribution in [-0.4, -0.2) is 23.5 Å². The van der Waals surface area contributed by atoms with Crippen LogP contribution in [0.25, 0.3) is 6.08 Å². The third-order valence-corrected chi connectivity index (χ3v) is 5.31. The molecule has 5 heteroatoms. The van der Waals surface area contributed by atoms with Gasteiger partial charge in [0.1, 0.15) is 0 Å². The average molecular weight is 405 g/mol. The van der Waals surface area contributed by atoms with E-state index in [0.717, 1.165) is 41.6 Å². The summed E-state index contributed by atoms with van der Waals surface area (Å²) in [7, 11) is 1.50. The molecule has 29 heavy (non-hydrogen) atoms. The number of benzene rings is 2. The average Bonchev–Trinajstić information content (AvgIpc) is 3.26. The van der Waals surface area contributed by atoms with Gasteiger partial charge in [-0.2, -0.15) is 0 Å². The fourth-order valence-electron chi connectivity index (χ4n) is 2.77. The number of thiazole rings is 1. The zero-order chi connectivity index (χ0) is 21.1. The molecular formula is C24H28N4S. The first kappa shape index (κ1) is 22.4. The minimum atomic E-state index is 0.242. The zero-order valence-electron chi connectivity index (χ0n) is 17.0. The van der Waals surface area contributed by atoms with Gasteiger partial charge in [0.05, 0.1) is 22.1 Å². The van der Waals surface area contributed by atoms with E-state index in [9.17, 15) is 0 Å². The molecule has 4 nitrogen and oxygen atoms in total. The molecule has 0 fully saturated rings. The molecule has 0 unspecified atom stereocenters. The van der Waals surface area contributed by atoms with Crippen LogP contribution in [0.15, 0.2) is 66.1 Å². The van der Waals surface area contributed by atoms with Gasteiger partial charge in [0.2, 0.25) is 0 Å². The quantitative estimate of drug-likeness (QED) is 0.441. The van der Waals surface area contributed by atoms with Crippen LogP contribution in [0.3, 0.4) is 0 Å². The summed E-state index contributed by atoms with van der Waals surface area (Å²) in [4.78, 5) is 4.59. The number of aryl methyl sites for hydroxylation is 2. The Balaban J connectivity index is 0.00000145. The SMILES string of the molecule is CCc1nc(CC/C=C/c2cccc(C(=N)C(=N)c3ccccc3)c2)cs1.CN. The Hall–Kier alpha value is -2.89. The van der Waals surface area contributed by atoms with Crippen molar-refractivity contribution in [1.82, 2.24) is 4.98 Å². The maximum Gasteiger partial charge on any atom is 0.0925 e. The molecule has 0 amide bonds. The van der Waals surface area contributed by atoms with E-state index < -0.39 is 0 Å². The predicted molar refractivity (Wildman–Crippen MR) is 125 cm³/mol. The van der Waals surface area contributed by atoms with E-state index in [-0.39, 0.29) is 11.4 Å². The van der Waals surface area contributed by atoms with Gasteiger partial charge in [-0.15, -0.1) is 11.3 Å². The molecule has 0 aliphatic rings. The van der Waals surface area contributed by atoms with E-state index in [1.807, 2.05) is 54.6 Å². The largest absolute Gasteiger partial charge is 0.333 e. The highest BCUT2D eigenvalue weighted by Crippen LogP contribution is 2.14. The van der Waals surface area contributed by atoms with Gasteiger partial charge in [-0.05, 0) is 37.9 Å². The van der Waals surface area contributed by atoms with Crippen LogP contribution in [0.2, 0.25) is 0 Å². The van der Waals surface area contributed by atoms with Crippen LogP contribution >= 0.6 is 11.3 Å². The Morgan fingerprint density at radius 2 is 1.69 bits per heavy atom. The summed E-state index contributed by atoms with van der Waals surface area (Å²) in [6.45, 7) is 2.13. The molecule has 1 heterocycles. The molecular weight excluding hydrogens is 376 g/mol. The normalized spacial score (nSPS) is 10.4. The van der Waals surface area contributed by atoms with Crippen molar-refractivity contribution in [2.45, 2.75) is 26.2 Å². The van der Waals surface area contributed by atoms with Gasteiger partial charge in [-0.3, -0.25) is 10.8 Å². The molecule has 3 rings (SSSR count). The fourth-order valence-corrected chi connectivity index (χ4v) is 3.55. The number of hydrogen-bond acceptors (Lipinski definition) is 5. The monoisotopic (exact) mass is 404 g/mol. The summed E-state index contributed by atoms with van der Waals surface area (Å²) in [5, 5.41) is 20.0. The molecule has 2 aromatic carbocycles. The summed E-state index contributed by atoms with van der Waals surface area (Å²) in [6, 6.07) is 17.2. The van der Waals surface area contributed by atoms with Crippen molar-refractivity contribution in [1.29, 1.82) is 10.8 Å². The number of rotatable bonds is 8. The van der Waals surface area contributed by atoms with Crippen molar-refractivity contribution in [3.05, 3.63) is 93.4 Å². The van der Waals surface area contributed by atoms with Gasteiger partial charge >= 0.3 is 0 Å². The maximum atomic E-state index is 8.36. The van der Waals surface area contributed by atoms with Crippen molar-refractivity contribution in [2.75, 3.05) is 7.05 Å². The first-order chi connectivity index (χ1) is 14.2. The molecule has 0 saturated heterocycles. The van der Waals surface area contributed by atoms with E-state index in [0.29, 0.717) is 0 Å². The lowest BCUT2D eigenvalue weighted by Crippen LogP contribution is -2.14. The smallest absolute Gasteiger partial charge is 0.0925 e. The second kappa shape index (κ2) is 11.8. The minimum absolute atomic E-state index is 0.242. The van der Waals surface area contributed by atoms with Crippen LogP contribution in [-0.2, 0) is 12.8 Å². The van der Waals surface area contributed by atoms with E-state index in [2.05, 4.69) is 35.2 Å². The number of aromatic nitrogens is 1. The Kier molecular flexibility index (Phi) is 9.15. The van der Waals surface area contributed by atoms with Crippen LogP contribution in [0.1, 0.15) is 40.7 Å². The van der Waals surface area contributed by atoms with Crippen molar-refractivity contribution in [2.24, 2.45) is 5.73 Å². The molecule has 1 aromatic heterocycles. The molecule has 150 valence electrons. The summed E-state index contributed by atoms with van der Waals surface area (Å²) in [6.07, 6.45) is 7.11. The van der Waals surface area contributed by atoms with Crippen molar-refractivity contribution >= 4 is 28.8 Å². The highest BCUT2D eigenvalue weighted by atomic mass is 32.1. The van der Waals surface area contributed by atoms with Gasteiger partial charge < -0.3 is 5.73 Å². The Labute approximate surface area is 177 Å². The lowest BCUT2D eigenvalue weighted by molar-refractivity contribution is 0.938. The zero-order valence-corrected chi connectivity index (χ0v) is 17.8. The first-order valence-electron chi connectivity index (χ1n) is 9.68. The van der Waals surface area contributed by atoms with Gasteiger partial charge in [0.25, 0.3) is 0 Å². The van der Waals surface area contributed by atoms with Crippen molar-refractivity contribution < 1.29 is 0 Å². The van der Waals surface area contributed by atoms with E-state index in [1.54, 1.807) is 11.3 Å². The van der Waals surface area contributed by atoms with Crippen molar-refractivity contribution in [3.8, 4) is 0 Å². The Bertz CT molecular complexity index is 958. The summed E-state index contributed by atoms with van der Waals surface area (Å²) < 4.78 is 0. The molecule has 0 aliphatic carbocycles. The fraction of sp³-hybridized carbons (Fsp3) is 0.208. The minimum Gasteiger partial charge on any atom is -0.333 e. The highest BCUT2D eigenvalue weighted by molar-refractivity contribution is 7.09. The maximum absolute atomic E-state index is 8.36. The second-order valence-corrected chi connectivity index (χ2v) is 7.21. The lowest BCUT2D eigenvalue weighted by atomic mass is 9.98. The van der Waals surface area contributed by atoms with Crippen LogP contribution in [0, 0.1) is 10.8 Å². The second-order valence-electron chi connectivity index (χ2n) is 6.27. The Morgan fingerprint density at radius 3 is 2.38 bits per heavy atom. The molecule has 0 atom stereocenters. The molecule has 3 aromatic rings. The number of nitrogens with one attached hydrogen (secondary N) is 2. The standard InChI is InChI=1S/C23H23N3S.CH5N/c1-2-21-26-20(16-27-21)14-7-6-9-17-10-8-13-19(15-17)23(25)22(24)18-11-4-3-5-12-18;1-2/h3-6,8-13,15-16,24-25H,2,7,14H2,1H3;2H2,1H3/b9-6+,24-22?,25-23?;. The third kappa shape index (κ3) is 6.59. The van der Waals surface area contributed by atoms with Gasteiger partial charge in [0.15, 0.2) is 0 Å². The predicted octanol–water partition coefficient (Wildman–Crippen LogP) is 5.36. The third-order valence-electron chi connectivity index (χ3n) is 4.27. The summed E-state index contributed by atoms with van der Waals surface area (Å²) in [5.41, 5.74) is 8.72. The van der Waals surface area contributed by atoms with E-state index in [1.165, 1.54) is 12.1 Å². The number of hydrogen-bond donors (Lipinski definition) is 3. The first-order valence-corrected chi connectivity index (χ1v) is 10.6. The van der Waals surface area contributed by atoms with Gasteiger partial charge in [-0.25, -0.2) is 4.98 Å². The summed E-state index contributed by atoms with van der Waals surface area (Å²) in [5.74, 6) is 0. The van der Waals surface area contributed by atoms with Gasteiger partial charge in [0, 0.05) is 16.5 Å². The molecule has 0 bridgehead atoms. The highest BCUT2D eigenvalue weighted by Gasteiger charge is 2.10. The molecule has 0 saturated carbocycles. The number of nitrogens with zero attached hydrogens (tertiary/aromatic N) is 1.